The zero-order chi connectivity index (χ0) is 17.8. The third-order valence-corrected chi connectivity index (χ3v) is 4.15. The Bertz CT molecular complexity index is 841. The molecule has 25 heavy (non-hydrogen) atoms. The Kier molecular flexibility index (Phi) is 5.44. The molecular weight excluding hydrogens is 365 g/mol. The van der Waals surface area contributed by atoms with Crippen molar-refractivity contribution >= 4 is 29.2 Å². The van der Waals surface area contributed by atoms with Gasteiger partial charge in [0.2, 0.25) is 0 Å². The summed E-state index contributed by atoms with van der Waals surface area (Å²) in [6.45, 7) is 0.922. The number of rotatable bonds is 4. The molecule has 0 amide bonds. The Morgan fingerprint density at radius 1 is 1.24 bits per heavy atom. The molecule has 1 aliphatic heterocycles. The number of carbonyl (C=O) groups is 1. The number of benzene rings is 2. The van der Waals surface area contributed by atoms with E-state index in [2.05, 4.69) is 0 Å². The smallest absolute Gasteiger partial charge is 0.339 e. The number of esters is 1. The fraction of sp³-hybridized carbons (Fsp3) is 0.222. The predicted octanol–water partition coefficient (Wildman–Crippen LogP) is 4.60. The Labute approximate surface area is 154 Å². The summed E-state index contributed by atoms with van der Waals surface area (Å²) in [5.74, 6) is 0.164. The van der Waals surface area contributed by atoms with Gasteiger partial charge in [0.1, 0.15) is 23.7 Å². The van der Waals surface area contributed by atoms with Crippen LogP contribution >= 0.6 is 23.2 Å². The van der Waals surface area contributed by atoms with Crippen molar-refractivity contribution in [1.82, 2.24) is 0 Å². The highest BCUT2D eigenvalue weighted by Crippen LogP contribution is 2.32. The van der Waals surface area contributed by atoms with Gasteiger partial charge in [-0.05, 0) is 36.4 Å². The monoisotopic (exact) mass is 377 g/mol. The molecule has 1 heterocycles. The Balaban J connectivity index is 1.84. The Morgan fingerprint density at radius 2 is 2.08 bits per heavy atom. The second-order valence-electron chi connectivity index (χ2n) is 5.39. The minimum Gasteiger partial charge on any atom is -0.456 e. The van der Waals surface area contributed by atoms with Gasteiger partial charge in [-0.25, -0.2) is 4.79 Å². The quantitative estimate of drug-likeness (QED) is 0.728. The fourth-order valence-corrected chi connectivity index (χ4v) is 2.81. The van der Waals surface area contributed by atoms with Crippen LogP contribution in [-0.4, -0.2) is 25.3 Å². The molecule has 3 rings (SSSR count). The summed E-state index contributed by atoms with van der Waals surface area (Å²) in [5.41, 5.74) is 0.343. The molecule has 0 aromatic heterocycles. The molecule has 5 nitrogen and oxygen atoms in total. The summed E-state index contributed by atoms with van der Waals surface area (Å²) >= 11 is 11.9. The lowest BCUT2D eigenvalue weighted by atomic mass is 10.1. The lowest BCUT2D eigenvalue weighted by molar-refractivity contribution is 0.0270. The number of ether oxygens (including phenoxy) is 3. The van der Waals surface area contributed by atoms with Gasteiger partial charge in [-0.2, -0.15) is 5.26 Å². The summed E-state index contributed by atoms with van der Waals surface area (Å²) in [6.07, 6.45) is 0.346. The highest BCUT2D eigenvalue weighted by atomic mass is 35.5. The van der Waals surface area contributed by atoms with Gasteiger partial charge in [-0.1, -0.05) is 23.2 Å². The molecule has 0 radical (unpaired) electrons. The van der Waals surface area contributed by atoms with Crippen LogP contribution in [0.4, 0.5) is 0 Å². The average Bonchev–Trinajstić information content (AvgIpc) is 3.10. The van der Waals surface area contributed by atoms with Gasteiger partial charge in [0.15, 0.2) is 0 Å². The van der Waals surface area contributed by atoms with E-state index in [0.717, 1.165) is 0 Å². The molecule has 0 N–H and O–H groups in total. The van der Waals surface area contributed by atoms with Gasteiger partial charge < -0.3 is 14.2 Å². The third-order valence-electron chi connectivity index (χ3n) is 3.61. The summed E-state index contributed by atoms with van der Waals surface area (Å²) < 4.78 is 16.2. The number of nitriles is 1. The summed E-state index contributed by atoms with van der Waals surface area (Å²) in [5, 5.41) is 10.0. The van der Waals surface area contributed by atoms with Crippen LogP contribution < -0.4 is 4.74 Å². The fourth-order valence-electron chi connectivity index (χ4n) is 2.36. The van der Waals surface area contributed by atoms with E-state index in [9.17, 15) is 10.1 Å². The Morgan fingerprint density at radius 3 is 2.76 bits per heavy atom. The maximum Gasteiger partial charge on any atom is 0.339 e. The maximum atomic E-state index is 12.4. The van der Waals surface area contributed by atoms with Crippen molar-refractivity contribution < 1.29 is 19.0 Å². The van der Waals surface area contributed by atoms with Crippen LogP contribution in [0.1, 0.15) is 22.3 Å². The summed E-state index contributed by atoms with van der Waals surface area (Å²) in [6, 6.07) is 11.3. The van der Waals surface area contributed by atoms with Crippen molar-refractivity contribution in [3.8, 4) is 17.6 Å². The van der Waals surface area contributed by atoms with Crippen LogP contribution in [0, 0.1) is 11.3 Å². The highest BCUT2D eigenvalue weighted by Gasteiger charge is 2.23. The number of halogens is 2. The molecule has 0 saturated carbocycles. The van der Waals surface area contributed by atoms with Gasteiger partial charge in [-0.15, -0.1) is 0 Å². The van der Waals surface area contributed by atoms with Crippen LogP contribution in [0.5, 0.6) is 11.5 Å². The first-order valence-corrected chi connectivity index (χ1v) is 8.28. The van der Waals surface area contributed by atoms with E-state index in [1.54, 1.807) is 24.3 Å². The van der Waals surface area contributed by atoms with E-state index in [1.807, 2.05) is 6.07 Å². The van der Waals surface area contributed by atoms with E-state index >= 15 is 0 Å². The SMILES string of the molecule is N#Cc1ccc(Oc2ccc(Cl)cc2Cl)cc1C(=O)OC1CCOC1. The van der Waals surface area contributed by atoms with Gasteiger partial charge in [0.05, 0.1) is 29.4 Å². The summed E-state index contributed by atoms with van der Waals surface area (Å²) in [4.78, 5) is 12.4. The minimum atomic E-state index is -0.584. The molecule has 7 heteroatoms. The van der Waals surface area contributed by atoms with Gasteiger partial charge in [0.25, 0.3) is 0 Å². The maximum absolute atomic E-state index is 12.4. The molecule has 0 spiro atoms. The second-order valence-corrected chi connectivity index (χ2v) is 6.23. The number of hydrogen-bond donors (Lipinski definition) is 0. The van der Waals surface area contributed by atoms with Crippen molar-refractivity contribution in [2.24, 2.45) is 0 Å². The van der Waals surface area contributed by atoms with Gasteiger partial charge in [0, 0.05) is 11.4 Å². The Hall–Kier alpha value is -2.26. The molecule has 1 unspecified atom stereocenters. The van der Waals surface area contributed by atoms with Crippen molar-refractivity contribution in [3.63, 3.8) is 0 Å². The zero-order valence-electron chi connectivity index (χ0n) is 13.0. The van der Waals surface area contributed by atoms with E-state index in [1.165, 1.54) is 12.1 Å². The predicted molar refractivity (Wildman–Crippen MR) is 92.3 cm³/mol. The molecule has 1 saturated heterocycles. The molecule has 1 aliphatic rings. The highest BCUT2D eigenvalue weighted by molar-refractivity contribution is 6.35. The van der Waals surface area contributed by atoms with E-state index in [0.29, 0.717) is 41.2 Å². The number of hydrogen-bond acceptors (Lipinski definition) is 5. The molecule has 1 fully saturated rings. The summed E-state index contributed by atoms with van der Waals surface area (Å²) in [7, 11) is 0. The second kappa shape index (κ2) is 7.75. The zero-order valence-corrected chi connectivity index (χ0v) is 14.5. The molecule has 1 atom stereocenters. The standard InChI is InChI=1S/C18H13Cl2NO4/c19-12-2-4-17(16(20)7-12)24-13-3-1-11(9-21)15(8-13)18(22)25-14-5-6-23-10-14/h1-4,7-8,14H,5-6,10H2. The molecule has 0 bridgehead atoms. The molecule has 2 aromatic carbocycles. The van der Waals surface area contributed by atoms with Gasteiger partial charge >= 0.3 is 5.97 Å². The van der Waals surface area contributed by atoms with Crippen molar-refractivity contribution in [2.45, 2.75) is 12.5 Å². The van der Waals surface area contributed by atoms with Crippen molar-refractivity contribution in [2.75, 3.05) is 13.2 Å². The van der Waals surface area contributed by atoms with E-state index in [-0.39, 0.29) is 17.2 Å². The number of nitrogens with zero attached hydrogens (tertiary/aromatic N) is 1. The van der Waals surface area contributed by atoms with Crippen LogP contribution in [0.3, 0.4) is 0 Å². The average molecular weight is 378 g/mol. The minimum absolute atomic E-state index is 0.136. The van der Waals surface area contributed by atoms with Crippen LogP contribution in [0.15, 0.2) is 36.4 Å². The van der Waals surface area contributed by atoms with Crippen LogP contribution in [0.2, 0.25) is 10.0 Å². The van der Waals surface area contributed by atoms with Crippen LogP contribution in [0.25, 0.3) is 0 Å². The largest absolute Gasteiger partial charge is 0.456 e. The third kappa shape index (κ3) is 4.23. The first-order chi connectivity index (χ1) is 12.1. The molecule has 2 aromatic rings. The molecule has 0 aliphatic carbocycles. The molecule has 128 valence electrons. The topological polar surface area (TPSA) is 68.5 Å². The lowest BCUT2D eigenvalue weighted by Gasteiger charge is -2.13. The van der Waals surface area contributed by atoms with E-state index < -0.39 is 5.97 Å². The first-order valence-electron chi connectivity index (χ1n) is 7.52. The van der Waals surface area contributed by atoms with Gasteiger partial charge in [-0.3, -0.25) is 0 Å². The first kappa shape index (κ1) is 17.6. The number of carbonyl (C=O) groups excluding carboxylic acids is 1. The van der Waals surface area contributed by atoms with E-state index in [4.69, 9.17) is 37.4 Å². The lowest BCUT2D eigenvalue weighted by Crippen LogP contribution is -2.18. The molecular formula is C18H13Cl2NO4. The van der Waals surface area contributed by atoms with Crippen LogP contribution in [-0.2, 0) is 9.47 Å². The van der Waals surface area contributed by atoms with Crippen molar-refractivity contribution in [1.29, 1.82) is 5.26 Å². The van der Waals surface area contributed by atoms with Crippen molar-refractivity contribution in [3.05, 3.63) is 57.6 Å². The normalized spacial score (nSPS) is 16.3.